The minimum atomic E-state index is -1.00. The van der Waals surface area contributed by atoms with Gasteiger partial charge in [0.15, 0.2) is 0 Å². The molecule has 0 rings (SSSR count). The van der Waals surface area contributed by atoms with E-state index in [4.69, 9.17) is 4.74 Å². The van der Waals surface area contributed by atoms with E-state index in [0.717, 1.165) is 12.8 Å². The van der Waals surface area contributed by atoms with Gasteiger partial charge in [-0.1, -0.05) is 13.3 Å². The van der Waals surface area contributed by atoms with Crippen LogP contribution in [0.1, 0.15) is 46.5 Å². The summed E-state index contributed by atoms with van der Waals surface area (Å²) >= 11 is 0. The number of unbranched alkanes of at least 4 members (excludes halogenated alkanes) is 1. The molecule has 0 amide bonds. The molecule has 0 aromatic carbocycles. The van der Waals surface area contributed by atoms with Crippen LogP contribution in [0.4, 0.5) is 0 Å². The summed E-state index contributed by atoms with van der Waals surface area (Å²) in [4.78, 5) is 19.9. The van der Waals surface area contributed by atoms with Crippen LogP contribution in [0, 0.1) is 0 Å². The van der Waals surface area contributed by atoms with Crippen molar-refractivity contribution in [3.8, 4) is 0 Å². The molecule has 0 aromatic heterocycles. The van der Waals surface area contributed by atoms with Gasteiger partial charge in [0.1, 0.15) is 0 Å². The molecule has 0 spiro atoms. The Morgan fingerprint density at radius 2 is 1.76 bits per heavy atom. The molecule has 0 radical (unpaired) electrons. The van der Waals surface area contributed by atoms with Gasteiger partial charge in [0.05, 0.1) is 6.61 Å². The number of carbonyl (C=O) groups excluding carboxylic acids is 2. The maximum absolute atomic E-state index is 10.1. The first-order valence-electron chi connectivity index (χ1n) is 5.95. The number of carboxylic acid groups (broad SMARTS) is 1. The molecule has 0 saturated carbocycles. The van der Waals surface area contributed by atoms with Crippen molar-refractivity contribution >= 4 is 11.9 Å². The zero-order valence-electron chi connectivity index (χ0n) is 11.0. The van der Waals surface area contributed by atoms with Gasteiger partial charge in [-0.25, -0.2) is 0 Å². The lowest BCUT2D eigenvalue weighted by Gasteiger charge is -2.00. The van der Waals surface area contributed by atoms with Crippen LogP contribution in [0.5, 0.6) is 0 Å². The molecule has 0 aromatic rings. The summed E-state index contributed by atoms with van der Waals surface area (Å²) in [5, 5.41) is 9.80. The molecule has 0 bridgehead atoms. The number of esters is 1. The third-order valence-electron chi connectivity index (χ3n) is 1.68. The number of hydrogen-bond donors (Lipinski definition) is 0. The van der Waals surface area contributed by atoms with Gasteiger partial charge in [-0.15, -0.1) is 0 Å². The van der Waals surface area contributed by atoms with Crippen LogP contribution in [0.2, 0.25) is 0 Å². The van der Waals surface area contributed by atoms with Gasteiger partial charge in [0.2, 0.25) is 0 Å². The normalized spacial score (nSPS) is 9.12. The standard InChI is InChI=1S/C6H12O3.C6H12O2/c1-2-9-5-3-4-6(7)8;1-3-4-5-8-6(2)7/h2-5H2,1H3,(H,7,8);3-5H2,1-2H3/p-1. The second-order valence-electron chi connectivity index (χ2n) is 3.37. The van der Waals surface area contributed by atoms with Crippen molar-refractivity contribution < 1.29 is 24.2 Å². The highest BCUT2D eigenvalue weighted by Crippen LogP contribution is 1.87. The van der Waals surface area contributed by atoms with Crippen molar-refractivity contribution in [3.05, 3.63) is 0 Å². The zero-order valence-corrected chi connectivity index (χ0v) is 11.0. The Morgan fingerprint density at radius 3 is 2.18 bits per heavy atom. The smallest absolute Gasteiger partial charge is 0.302 e. The molecule has 0 heterocycles. The Morgan fingerprint density at radius 1 is 1.12 bits per heavy atom. The summed E-state index contributed by atoms with van der Waals surface area (Å²) < 4.78 is 9.54. The maximum atomic E-state index is 10.1. The monoisotopic (exact) mass is 247 g/mol. The molecule has 0 fully saturated rings. The molecule has 0 aliphatic rings. The molecule has 0 N–H and O–H groups in total. The van der Waals surface area contributed by atoms with Crippen molar-refractivity contribution in [3.63, 3.8) is 0 Å². The van der Waals surface area contributed by atoms with Gasteiger partial charge in [-0.05, 0) is 26.2 Å². The fraction of sp³-hybridized carbons (Fsp3) is 0.833. The number of carboxylic acids is 1. The van der Waals surface area contributed by atoms with E-state index >= 15 is 0 Å². The minimum absolute atomic E-state index is 0.0972. The zero-order chi connectivity index (χ0) is 13.5. The fourth-order valence-corrected chi connectivity index (χ4v) is 0.823. The van der Waals surface area contributed by atoms with Crippen molar-refractivity contribution in [1.29, 1.82) is 0 Å². The van der Waals surface area contributed by atoms with Gasteiger partial charge in [-0.2, -0.15) is 0 Å². The lowest BCUT2D eigenvalue weighted by molar-refractivity contribution is -0.305. The van der Waals surface area contributed by atoms with E-state index < -0.39 is 5.97 Å². The molecular weight excluding hydrogens is 224 g/mol. The largest absolute Gasteiger partial charge is 0.550 e. The average molecular weight is 247 g/mol. The van der Waals surface area contributed by atoms with Crippen molar-refractivity contribution in [1.82, 2.24) is 0 Å². The first kappa shape index (κ1) is 18.3. The van der Waals surface area contributed by atoms with E-state index in [1.165, 1.54) is 6.92 Å². The second-order valence-corrected chi connectivity index (χ2v) is 3.37. The van der Waals surface area contributed by atoms with E-state index in [1.807, 2.05) is 6.92 Å². The van der Waals surface area contributed by atoms with Crippen LogP contribution < -0.4 is 5.11 Å². The molecule has 0 unspecified atom stereocenters. The summed E-state index contributed by atoms with van der Waals surface area (Å²) in [6.07, 6.45) is 2.70. The Hall–Kier alpha value is -1.10. The lowest BCUT2D eigenvalue weighted by atomic mass is 10.3. The quantitative estimate of drug-likeness (QED) is 0.470. The summed E-state index contributed by atoms with van der Waals surface area (Å²) in [5.41, 5.74) is 0. The van der Waals surface area contributed by atoms with Crippen LogP contribution in [0.25, 0.3) is 0 Å². The van der Waals surface area contributed by atoms with Crippen LogP contribution in [-0.2, 0) is 19.1 Å². The van der Waals surface area contributed by atoms with E-state index in [1.54, 1.807) is 0 Å². The average Bonchev–Trinajstić information content (AvgIpc) is 2.25. The Bertz CT molecular complexity index is 191. The van der Waals surface area contributed by atoms with Gasteiger partial charge in [-0.3, -0.25) is 4.79 Å². The number of ether oxygens (including phenoxy) is 2. The third-order valence-corrected chi connectivity index (χ3v) is 1.68. The van der Waals surface area contributed by atoms with Crippen LogP contribution in [-0.4, -0.2) is 31.8 Å². The molecule has 17 heavy (non-hydrogen) atoms. The summed E-state index contributed by atoms with van der Waals surface area (Å²) in [7, 11) is 0. The van der Waals surface area contributed by atoms with Crippen LogP contribution >= 0.6 is 0 Å². The molecule has 0 saturated heterocycles. The highest BCUT2D eigenvalue weighted by Gasteiger charge is 1.88. The number of rotatable bonds is 8. The van der Waals surface area contributed by atoms with Crippen molar-refractivity contribution in [2.24, 2.45) is 0 Å². The third kappa shape index (κ3) is 25.3. The van der Waals surface area contributed by atoms with Gasteiger partial charge in [0.25, 0.3) is 0 Å². The summed E-state index contributed by atoms with van der Waals surface area (Å²) in [6.45, 7) is 7.10. The number of hydrogen-bond acceptors (Lipinski definition) is 5. The first-order chi connectivity index (χ1) is 8.04. The fourth-order valence-electron chi connectivity index (χ4n) is 0.823. The highest BCUT2D eigenvalue weighted by atomic mass is 16.5. The van der Waals surface area contributed by atoms with Crippen molar-refractivity contribution in [2.75, 3.05) is 19.8 Å². The molecular formula is C12H23O5-. The topological polar surface area (TPSA) is 75.7 Å². The summed E-state index contributed by atoms with van der Waals surface area (Å²) in [5.74, 6) is -1.19. The molecule has 0 atom stereocenters. The number of aliphatic carboxylic acids is 1. The first-order valence-corrected chi connectivity index (χ1v) is 5.95. The van der Waals surface area contributed by atoms with E-state index in [-0.39, 0.29) is 12.4 Å². The Balaban J connectivity index is 0. The molecule has 102 valence electrons. The maximum Gasteiger partial charge on any atom is 0.302 e. The molecule has 5 heteroatoms. The van der Waals surface area contributed by atoms with Gasteiger partial charge in [0, 0.05) is 26.1 Å². The predicted octanol–water partition coefficient (Wildman–Crippen LogP) is 0.903. The second kappa shape index (κ2) is 14.9. The Labute approximate surface area is 103 Å². The minimum Gasteiger partial charge on any atom is -0.550 e. The van der Waals surface area contributed by atoms with Crippen molar-refractivity contribution in [2.45, 2.75) is 46.5 Å². The van der Waals surface area contributed by atoms with E-state index in [0.29, 0.717) is 26.2 Å². The summed E-state index contributed by atoms with van der Waals surface area (Å²) in [6, 6.07) is 0. The van der Waals surface area contributed by atoms with Gasteiger partial charge < -0.3 is 19.4 Å². The van der Waals surface area contributed by atoms with E-state index in [2.05, 4.69) is 11.7 Å². The molecule has 0 aliphatic carbocycles. The molecule has 0 aliphatic heterocycles. The van der Waals surface area contributed by atoms with E-state index in [9.17, 15) is 14.7 Å². The van der Waals surface area contributed by atoms with Gasteiger partial charge >= 0.3 is 5.97 Å². The lowest BCUT2D eigenvalue weighted by Crippen LogP contribution is -2.22. The number of carbonyl (C=O) groups is 2. The van der Waals surface area contributed by atoms with Crippen LogP contribution in [0.15, 0.2) is 0 Å². The predicted molar refractivity (Wildman–Crippen MR) is 62.3 cm³/mol. The van der Waals surface area contributed by atoms with Crippen LogP contribution in [0.3, 0.4) is 0 Å². The highest BCUT2D eigenvalue weighted by molar-refractivity contribution is 5.65. The SMILES string of the molecule is CCCCOC(C)=O.CCOCCCC(=O)[O-]. The molecule has 5 nitrogen and oxygen atoms in total. The Kier molecular flexibility index (Phi) is 16.0.